The monoisotopic (exact) mass is 463 g/mol. The fourth-order valence-electron chi connectivity index (χ4n) is 5.11. The van der Waals surface area contributed by atoms with Crippen LogP contribution in [0.1, 0.15) is 57.6 Å². The molecule has 0 aromatic heterocycles. The fourth-order valence-corrected chi connectivity index (χ4v) is 6.42. The molecule has 7 heteroatoms. The van der Waals surface area contributed by atoms with Crippen molar-refractivity contribution in [2.24, 2.45) is 5.92 Å². The molecule has 2 aromatic rings. The molecule has 1 aliphatic heterocycles. The van der Waals surface area contributed by atoms with Crippen LogP contribution < -0.4 is 14.2 Å². The standard InChI is InChI=1S/C21H22FNO4S.2C2H6/c1-26-17-10-7-12-11-16(23-28(24,25)13-5-3-2-4-6-13)14-8-9-15(22)20-19(14)18(12)21(17)27-20;2*1-2/h2-7,10,14-16,19-20,23H,8-9,11H2,1H3;2*1-2H3/t14?,15?,16-,19?,20+;;/m0../s1. The summed E-state index contributed by atoms with van der Waals surface area (Å²) in [5, 5.41) is 0. The molecule has 2 aliphatic carbocycles. The van der Waals surface area contributed by atoms with Gasteiger partial charge in [-0.1, -0.05) is 52.0 Å². The van der Waals surface area contributed by atoms with E-state index in [9.17, 15) is 12.8 Å². The third kappa shape index (κ3) is 4.25. The Morgan fingerprint density at radius 3 is 2.38 bits per heavy atom. The van der Waals surface area contributed by atoms with Crippen LogP contribution in [-0.2, 0) is 16.4 Å². The second-order valence-electron chi connectivity index (χ2n) is 7.78. The number of alkyl halides is 1. The molecule has 1 N–H and O–H groups in total. The zero-order valence-corrected chi connectivity index (χ0v) is 20.3. The maximum absolute atomic E-state index is 14.7. The third-order valence-corrected chi connectivity index (χ3v) is 7.83. The Labute approximate surface area is 191 Å². The molecule has 0 bridgehead atoms. The van der Waals surface area contributed by atoms with Crippen molar-refractivity contribution in [1.82, 2.24) is 4.72 Å². The number of nitrogens with one attached hydrogen (secondary N) is 1. The quantitative estimate of drug-likeness (QED) is 0.673. The van der Waals surface area contributed by atoms with Gasteiger partial charge in [0.2, 0.25) is 10.0 Å². The van der Waals surface area contributed by atoms with Crippen LogP contribution in [0.3, 0.4) is 0 Å². The van der Waals surface area contributed by atoms with E-state index in [1.807, 2.05) is 39.8 Å². The van der Waals surface area contributed by atoms with Crippen LogP contribution in [0.4, 0.5) is 4.39 Å². The van der Waals surface area contributed by atoms with Gasteiger partial charge in [-0.05, 0) is 48.9 Å². The van der Waals surface area contributed by atoms with Crippen molar-refractivity contribution in [1.29, 1.82) is 0 Å². The molecule has 176 valence electrons. The van der Waals surface area contributed by atoms with E-state index in [1.165, 1.54) is 0 Å². The first kappa shape index (κ1) is 24.5. The Hall–Kier alpha value is -2.12. The van der Waals surface area contributed by atoms with Crippen molar-refractivity contribution in [3.63, 3.8) is 0 Å². The number of sulfonamides is 1. The van der Waals surface area contributed by atoms with Gasteiger partial charge < -0.3 is 9.47 Å². The first-order valence-electron chi connectivity index (χ1n) is 11.6. The Bertz CT molecular complexity index is 1010. The molecule has 1 saturated carbocycles. The SMILES string of the molecule is CC.CC.COc1ccc2c3c1O[C@@H]1C(F)CCC(C31)[C@@H](NS(=O)(=O)c1ccccc1)C2. The minimum Gasteiger partial charge on any atom is -0.493 e. The van der Waals surface area contributed by atoms with E-state index >= 15 is 0 Å². The summed E-state index contributed by atoms with van der Waals surface area (Å²) in [4.78, 5) is 0.245. The van der Waals surface area contributed by atoms with Gasteiger partial charge in [0.15, 0.2) is 11.5 Å². The van der Waals surface area contributed by atoms with E-state index in [2.05, 4.69) is 4.72 Å². The summed E-state index contributed by atoms with van der Waals surface area (Å²) < 4.78 is 54.9. The highest BCUT2D eigenvalue weighted by Crippen LogP contribution is 2.57. The summed E-state index contributed by atoms with van der Waals surface area (Å²) in [6, 6.07) is 11.8. The molecule has 1 heterocycles. The van der Waals surface area contributed by atoms with E-state index < -0.39 is 22.3 Å². The van der Waals surface area contributed by atoms with Gasteiger partial charge in [-0.2, -0.15) is 0 Å². The summed E-state index contributed by atoms with van der Waals surface area (Å²) >= 11 is 0. The molecule has 3 aliphatic rings. The highest BCUT2D eigenvalue weighted by Gasteiger charge is 2.54. The third-order valence-electron chi connectivity index (χ3n) is 6.32. The summed E-state index contributed by atoms with van der Waals surface area (Å²) in [7, 11) is -2.07. The van der Waals surface area contributed by atoms with E-state index in [4.69, 9.17) is 9.47 Å². The molecule has 32 heavy (non-hydrogen) atoms. The van der Waals surface area contributed by atoms with Crippen molar-refractivity contribution in [2.75, 3.05) is 7.11 Å². The molecule has 2 aromatic carbocycles. The van der Waals surface area contributed by atoms with Gasteiger partial charge in [-0.25, -0.2) is 17.5 Å². The smallest absolute Gasteiger partial charge is 0.240 e. The van der Waals surface area contributed by atoms with Gasteiger partial charge in [0.05, 0.1) is 12.0 Å². The summed E-state index contributed by atoms with van der Waals surface area (Å²) in [5.41, 5.74) is 2.02. The minimum absolute atomic E-state index is 0.00339. The predicted octanol–water partition coefficient (Wildman–Crippen LogP) is 5.24. The van der Waals surface area contributed by atoms with Crippen molar-refractivity contribution in [3.05, 3.63) is 53.6 Å². The van der Waals surface area contributed by atoms with Gasteiger partial charge in [0.25, 0.3) is 0 Å². The number of benzene rings is 2. The molecule has 5 atom stereocenters. The lowest BCUT2D eigenvalue weighted by Gasteiger charge is -2.43. The number of ether oxygens (including phenoxy) is 2. The molecular formula is C25H34FNO4S. The molecule has 5 nitrogen and oxygen atoms in total. The molecular weight excluding hydrogens is 429 g/mol. The normalized spacial score (nSPS) is 27.0. The van der Waals surface area contributed by atoms with Crippen molar-refractivity contribution in [2.45, 2.75) is 76.1 Å². The first-order chi connectivity index (χ1) is 15.5. The second-order valence-corrected chi connectivity index (χ2v) is 9.49. The van der Waals surface area contributed by atoms with Crippen LogP contribution in [0.2, 0.25) is 0 Å². The molecule has 5 rings (SSSR count). The lowest BCUT2D eigenvalue weighted by molar-refractivity contribution is 0.0305. The molecule has 0 spiro atoms. The van der Waals surface area contributed by atoms with E-state index in [-0.39, 0.29) is 22.8 Å². The van der Waals surface area contributed by atoms with E-state index in [0.29, 0.717) is 30.8 Å². The summed E-state index contributed by atoms with van der Waals surface area (Å²) in [5.74, 6) is 1.09. The number of hydrogen-bond donors (Lipinski definition) is 1. The lowest BCUT2D eigenvalue weighted by Crippen LogP contribution is -2.51. The van der Waals surface area contributed by atoms with Gasteiger partial charge in [-0.15, -0.1) is 0 Å². The lowest BCUT2D eigenvalue weighted by atomic mass is 9.65. The maximum atomic E-state index is 14.7. The molecule has 0 saturated heterocycles. The summed E-state index contributed by atoms with van der Waals surface area (Å²) in [6.07, 6.45) is -0.0688. The Kier molecular flexibility index (Phi) is 7.83. The predicted molar refractivity (Wildman–Crippen MR) is 125 cm³/mol. The van der Waals surface area contributed by atoms with Crippen molar-refractivity contribution >= 4 is 10.0 Å². The second kappa shape index (κ2) is 10.2. The van der Waals surface area contributed by atoms with Crippen LogP contribution in [0.25, 0.3) is 0 Å². The number of halogens is 1. The van der Waals surface area contributed by atoms with Crippen molar-refractivity contribution < 1.29 is 22.3 Å². The van der Waals surface area contributed by atoms with Crippen LogP contribution in [-0.4, -0.2) is 33.8 Å². The maximum Gasteiger partial charge on any atom is 0.240 e. The summed E-state index contributed by atoms with van der Waals surface area (Å²) in [6.45, 7) is 8.00. The largest absolute Gasteiger partial charge is 0.493 e. The average molecular weight is 464 g/mol. The first-order valence-corrected chi connectivity index (χ1v) is 13.1. The zero-order valence-electron chi connectivity index (χ0n) is 19.5. The number of methoxy groups -OCH3 is 1. The topological polar surface area (TPSA) is 64.6 Å². The van der Waals surface area contributed by atoms with E-state index in [1.54, 1.807) is 37.4 Å². The van der Waals surface area contributed by atoms with Crippen molar-refractivity contribution in [3.8, 4) is 11.5 Å². The van der Waals surface area contributed by atoms with Crippen LogP contribution >= 0.6 is 0 Å². The Balaban J connectivity index is 0.000000686. The number of rotatable bonds is 4. The Morgan fingerprint density at radius 2 is 1.72 bits per heavy atom. The van der Waals surface area contributed by atoms with Crippen LogP contribution in [0.15, 0.2) is 47.4 Å². The van der Waals surface area contributed by atoms with Crippen LogP contribution in [0, 0.1) is 5.92 Å². The average Bonchev–Trinajstić information content (AvgIpc) is 3.24. The number of hydrogen-bond acceptors (Lipinski definition) is 4. The van der Waals surface area contributed by atoms with Gasteiger partial charge in [0.1, 0.15) is 12.3 Å². The van der Waals surface area contributed by atoms with E-state index in [0.717, 1.165) is 11.1 Å². The highest BCUT2D eigenvalue weighted by atomic mass is 32.2. The zero-order chi connectivity index (χ0) is 23.5. The Morgan fingerprint density at radius 1 is 1.03 bits per heavy atom. The molecule has 1 fully saturated rings. The fraction of sp³-hybridized carbons (Fsp3) is 0.520. The molecule has 3 unspecified atom stereocenters. The van der Waals surface area contributed by atoms with Gasteiger partial charge >= 0.3 is 0 Å². The highest BCUT2D eigenvalue weighted by molar-refractivity contribution is 7.89. The van der Waals surface area contributed by atoms with Crippen LogP contribution in [0.5, 0.6) is 11.5 Å². The minimum atomic E-state index is -3.65. The van der Waals surface area contributed by atoms with Gasteiger partial charge in [0, 0.05) is 17.5 Å². The molecule has 0 radical (unpaired) electrons. The molecule has 0 amide bonds. The van der Waals surface area contributed by atoms with Gasteiger partial charge in [-0.3, -0.25) is 0 Å².